The van der Waals surface area contributed by atoms with Crippen molar-refractivity contribution in [3.05, 3.63) is 29.8 Å². The zero-order valence-corrected chi connectivity index (χ0v) is 15.1. The van der Waals surface area contributed by atoms with Crippen molar-refractivity contribution in [2.45, 2.75) is 50.0 Å². The van der Waals surface area contributed by atoms with E-state index < -0.39 is 22.9 Å². The van der Waals surface area contributed by atoms with Gasteiger partial charge in [0.25, 0.3) is 5.91 Å². The average Bonchev–Trinajstić information content (AvgIpc) is 2.60. The molecule has 0 aliphatic heterocycles. The summed E-state index contributed by atoms with van der Waals surface area (Å²) in [6, 6.07) is 6.58. The van der Waals surface area contributed by atoms with E-state index in [1.165, 1.54) is 25.5 Å². The van der Waals surface area contributed by atoms with Gasteiger partial charge in [0.15, 0.2) is 6.10 Å². The van der Waals surface area contributed by atoms with Crippen LogP contribution < -0.4 is 5.32 Å². The molecule has 1 amide bonds. The van der Waals surface area contributed by atoms with Gasteiger partial charge in [-0.15, -0.1) is 0 Å². The van der Waals surface area contributed by atoms with Crippen LogP contribution in [0, 0.1) is 5.92 Å². The Morgan fingerprint density at radius 2 is 1.92 bits per heavy atom. The van der Waals surface area contributed by atoms with Crippen LogP contribution >= 0.6 is 0 Å². The SMILES string of the molecule is C[C@@H](OC(=O)c1ccccc1[S@](C)=O)C(=O)NCC1CCCCC1. The van der Waals surface area contributed by atoms with Crippen LogP contribution in [0.2, 0.25) is 0 Å². The minimum atomic E-state index is -1.29. The van der Waals surface area contributed by atoms with Crippen molar-refractivity contribution in [1.29, 1.82) is 0 Å². The summed E-state index contributed by atoms with van der Waals surface area (Å²) in [5.41, 5.74) is 0.241. The van der Waals surface area contributed by atoms with Crippen LogP contribution in [-0.2, 0) is 20.3 Å². The number of hydrogen-bond donors (Lipinski definition) is 1. The van der Waals surface area contributed by atoms with Gasteiger partial charge in [0.1, 0.15) is 0 Å². The number of carbonyl (C=O) groups is 2. The highest BCUT2D eigenvalue weighted by atomic mass is 32.2. The Hall–Kier alpha value is -1.69. The molecule has 0 heterocycles. The van der Waals surface area contributed by atoms with Crippen molar-refractivity contribution >= 4 is 22.7 Å². The first-order valence-corrected chi connectivity index (χ1v) is 9.96. The maximum Gasteiger partial charge on any atom is 0.340 e. The third-order valence-electron chi connectivity index (χ3n) is 4.36. The van der Waals surface area contributed by atoms with E-state index in [2.05, 4.69) is 5.32 Å². The van der Waals surface area contributed by atoms with E-state index in [9.17, 15) is 13.8 Å². The molecule has 0 aromatic heterocycles. The second-order valence-corrected chi connectivity index (χ2v) is 7.60. The summed E-state index contributed by atoms with van der Waals surface area (Å²) in [4.78, 5) is 24.8. The zero-order valence-electron chi connectivity index (χ0n) is 14.2. The molecule has 132 valence electrons. The predicted octanol–water partition coefficient (Wildman–Crippen LogP) is 2.67. The smallest absolute Gasteiger partial charge is 0.340 e. The number of rotatable bonds is 6. The summed E-state index contributed by atoms with van der Waals surface area (Å²) in [7, 11) is -1.29. The molecule has 0 saturated heterocycles. The number of amides is 1. The molecule has 6 heteroatoms. The predicted molar refractivity (Wildman–Crippen MR) is 93.2 cm³/mol. The number of carbonyl (C=O) groups excluding carboxylic acids is 2. The van der Waals surface area contributed by atoms with Crippen molar-refractivity contribution in [3.63, 3.8) is 0 Å². The van der Waals surface area contributed by atoms with Gasteiger partial charge in [-0.05, 0) is 37.8 Å². The van der Waals surface area contributed by atoms with E-state index in [0.717, 1.165) is 12.8 Å². The molecule has 1 aliphatic rings. The fourth-order valence-corrected chi connectivity index (χ4v) is 3.67. The van der Waals surface area contributed by atoms with Gasteiger partial charge in [-0.25, -0.2) is 4.79 Å². The Balaban J connectivity index is 1.88. The summed E-state index contributed by atoms with van der Waals surface area (Å²) < 4.78 is 16.9. The van der Waals surface area contributed by atoms with E-state index in [0.29, 0.717) is 17.4 Å². The maximum atomic E-state index is 12.3. The molecule has 1 aliphatic carbocycles. The van der Waals surface area contributed by atoms with Crippen molar-refractivity contribution < 1.29 is 18.5 Å². The standard InChI is InChI=1S/C18H25NO4S/c1-13(17(20)19-12-14-8-4-3-5-9-14)23-18(21)15-10-6-7-11-16(15)24(2)22/h6-7,10-11,13-14H,3-5,8-9,12H2,1-2H3,(H,19,20)/t13-,24+/m1/s1. The summed E-state index contributed by atoms with van der Waals surface area (Å²) in [5, 5.41) is 2.87. The molecule has 2 atom stereocenters. The Labute approximate surface area is 145 Å². The van der Waals surface area contributed by atoms with Crippen molar-refractivity contribution in [2.24, 2.45) is 5.92 Å². The van der Waals surface area contributed by atoms with E-state index in [4.69, 9.17) is 4.74 Å². The summed E-state index contributed by atoms with van der Waals surface area (Å²) in [6.45, 7) is 2.19. The lowest BCUT2D eigenvalue weighted by Crippen LogP contribution is -2.38. The van der Waals surface area contributed by atoms with E-state index >= 15 is 0 Å². The third kappa shape index (κ3) is 5.16. The molecule has 0 bridgehead atoms. The first kappa shape index (κ1) is 18.6. The van der Waals surface area contributed by atoms with Crippen LogP contribution in [0.5, 0.6) is 0 Å². The van der Waals surface area contributed by atoms with E-state index in [-0.39, 0.29) is 11.5 Å². The normalized spacial score (nSPS) is 17.8. The van der Waals surface area contributed by atoms with Crippen LogP contribution in [0.15, 0.2) is 29.2 Å². The molecular weight excluding hydrogens is 326 g/mol. The van der Waals surface area contributed by atoms with Gasteiger partial charge in [0.05, 0.1) is 21.3 Å². The fourth-order valence-electron chi connectivity index (χ4n) is 2.94. The van der Waals surface area contributed by atoms with Crippen molar-refractivity contribution in [1.82, 2.24) is 5.32 Å². The first-order chi connectivity index (χ1) is 11.5. The monoisotopic (exact) mass is 351 g/mol. The molecule has 0 radical (unpaired) electrons. The highest BCUT2D eigenvalue weighted by molar-refractivity contribution is 7.84. The first-order valence-electron chi connectivity index (χ1n) is 8.40. The maximum absolute atomic E-state index is 12.3. The number of benzene rings is 1. The molecule has 2 rings (SSSR count). The Morgan fingerprint density at radius 3 is 2.58 bits per heavy atom. The lowest BCUT2D eigenvalue weighted by molar-refractivity contribution is -0.129. The van der Waals surface area contributed by atoms with E-state index in [1.54, 1.807) is 31.2 Å². The van der Waals surface area contributed by atoms with E-state index in [1.807, 2.05) is 0 Å². The highest BCUT2D eigenvalue weighted by Crippen LogP contribution is 2.22. The summed E-state index contributed by atoms with van der Waals surface area (Å²) in [6.07, 6.45) is 6.63. The van der Waals surface area contributed by atoms with Crippen LogP contribution in [0.3, 0.4) is 0 Å². The molecule has 5 nitrogen and oxygen atoms in total. The van der Waals surface area contributed by atoms with Crippen LogP contribution in [0.25, 0.3) is 0 Å². The highest BCUT2D eigenvalue weighted by Gasteiger charge is 2.22. The van der Waals surface area contributed by atoms with Crippen molar-refractivity contribution in [3.8, 4) is 0 Å². The molecule has 1 N–H and O–H groups in total. The second kappa shape index (κ2) is 8.97. The number of nitrogens with one attached hydrogen (secondary N) is 1. The minimum Gasteiger partial charge on any atom is -0.449 e. The minimum absolute atomic E-state index is 0.241. The van der Waals surface area contributed by atoms with Gasteiger partial charge in [-0.1, -0.05) is 31.4 Å². The Bertz CT molecular complexity index is 611. The molecule has 0 unspecified atom stereocenters. The molecular formula is C18H25NO4S. The number of esters is 1. The van der Waals surface area contributed by atoms with Gasteiger partial charge >= 0.3 is 5.97 Å². The second-order valence-electron chi connectivity index (χ2n) is 6.25. The lowest BCUT2D eigenvalue weighted by Gasteiger charge is -2.22. The Morgan fingerprint density at radius 1 is 1.25 bits per heavy atom. The molecule has 0 spiro atoms. The van der Waals surface area contributed by atoms with Crippen molar-refractivity contribution in [2.75, 3.05) is 12.8 Å². The lowest BCUT2D eigenvalue weighted by atomic mass is 9.89. The molecule has 1 saturated carbocycles. The number of hydrogen-bond acceptors (Lipinski definition) is 4. The average molecular weight is 351 g/mol. The summed E-state index contributed by atoms with van der Waals surface area (Å²) >= 11 is 0. The van der Waals surface area contributed by atoms with Crippen LogP contribution in [0.1, 0.15) is 49.4 Å². The van der Waals surface area contributed by atoms with Gasteiger partial charge in [0.2, 0.25) is 0 Å². The quantitative estimate of drug-likeness (QED) is 0.800. The van der Waals surface area contributed by atoms with Crippen LogP contribution in [0.4, 0.5) is 0 Å². The summed E-state index contributed by atoms with van der Waals surface area (Å²) in [5.74, 6) is -0.390. The van der Waals surface area contributed by atoms with Gasteiger partial charge in [-0.2, -0.15) is 0 Å². The molecule has 1 fully saturated rings. The topological polar surface area (TPSA) is 72.5 Å². The largest absolute Gasteiger partial charge is 0.449 e. The number of ether oxygens (including phenoxy) is 1. The van der Waals surface area contributed by atoms with Gasteiger partial charge in [0, 0.05) is 12.8 Å². The zero-order chi connectivity index (χ0) is 17.5. The molecule has 1 aromatic rings. The van der Waals surface area contributed by atoms with Crippen LogP contribution in [-0.4, -0.2) is 35.0 Å². The van der Waals surface area contributed by atoms with Gasteiger partial charge in [-0.3, -0.25) is 9.00 Å². The Kier molecular flexibility index (Phi) is 6.97. The molecule has 24 heavy (non-hydrogen) atoms. The fraction of sp³-hybridized carbons (Fsp3) is 0.556. The molecule has 1 aromatic carbocycles. The van der Waals surface area contributed by atoms with Gasteiger partial charge < -0.3 is 10.1 Å². The third-order valence-corrected chi connectivity index (χ3v) is 5.33.